The maximum Gasteiger partial charge on any atom is 0.305 e. The van der Waals surface area contributed by atoms with Gasteiger partial charge in [-0.2, -0.15) is 0 Å². The Bertz CT molecular complexity index is 1780. The molecule has 0 unspecified atom stereocenters. The third kappa shape index (κ3) is 7.96. The van der Waals surface area contributed by atoms with Crippen LogP contribution in [0.15, 0.2) is 152 Å². The smallest absolute Gasteiger partial charge is 0.110 e. The molecule has 0 heterocycles. The molecule has 0 amide bonds. The Hall–Kier alpha value is -5.67. The van der Waals surface area contributed by atoms with Crippen molar-refractivity contribution in [2.45, 2.75) is 6.55 Å². The van der Waals surface area contributed by atoms with Crippen molar-refractivity contribution in [1.29, 1.82) is 0 Å². The van der Waals surface area contributed by atoms with E-state index in [-0.39, 0.29) is 0 Å². The van der Waals surface area contributed by atoms with Crippen LogP contribution in [-0.2, 0) is 0 Å². The lowest BCUT2D eigenvalue weighted by Crippen LogP contribution is -2.59. The second-order valence-corrected chi connectivity index (χ2v) is 20.2. The van der Waals surface area contributed by atoms with Crippen LogP contribution >= 0.6 is 0 Å². The van der Waals surface area contributed by atoms with Gasteiger partial charge in [0.25, 0.3) is 0 Å². The Morgan fingerprint density at radius 1 is 0.302 bits per heavy atom. The molecule has 0 aliphatic heterocycles. The Labute approximate surface area is 257 Å². The lowest BCUT2D eigenvalue weighted by molar-refractivity contribution is 1.65. The molecule has 0 saturated carbocycles. The summed E-state index contributed by atoms with van der Waals surface area (Å²) in [7, 11) is -6.16. The molecular formula is C41H28Si2. The van der Waals surface area contributed by atoms with Gasteiger partial charge in [0.2, 0.25) is 7.59 Å². The number of hydrogen-bond donors (Lipinski definition) is 0. The number of benzene rings is 5. The molecule has 5 rings (SSSR count). The number of rotatable bonds is 1. The molecule has 0 spiro atoms. The van der Waals surface area contributed by atoms with Crippen molar-refractivity contribution in [3.05, 3.63) is 179 Å². The quantitative estimate of drug-likeness (QED) is 0.143. The maximum absolute atomic E-state index is 3.70. The largest absolute Gasteiger partial charge is 0.305 e. The molecule has 0 aliphatic rings. The molecule has 0 aromatic heterocycles. The highest BCUT2D eigenvalue weighted by atomic mass is 29.3. The van der Waals surface area contributed by atoms with Gasteiger partial charge in [-0.25, -0.2) is 0 Å². The van der Waals surface area contributed by atoms with Crippen LogP contribution in [0.2, 0.25) is 6.55 Å². The fourth-order valence-electron chi connectivity index (χ4n) is 4.19. The minimum absolute atomic E-state index is 0.922. The van der Waals surface area contributed by atoms with E-state index >= 15 is 0 Å². The van der Waals surface area contributed by atoms with Crippen molar-refractivity contribution in [3.8, 4) is 57.3 Å². The summed E-state index contributed by atoms with van der Waals surface area (Å²) in [6.45, 7) is 2.20. The van der Waals surface area contributed by atoms with Crippen molar-refractivity contribution >= 4 is 15.2 Å². The average Bonchev–Trinajstić information content (AvgIpc) is 3.08. The number of hydrogen-bond acceptors (Lipinski definition) is 0. The third-order valence-corrected chi connectivity index (χ3v) is 17.3. The molecule has 43 heavy (non-hydrogen) atoms. The summed E-state index contributed by atoms with van der Waals surface area (Å²) >= 11 is 0. The molecule has 0 bridgehead atoms. The molecule has 0 nitrogen and oxygen atoms in total. The fraction of sp³-hybridized carbons (Fsp3) is 0.0244. The van der Waals surface area contributed by atoms with E-state index < -0.39 is 15.2 Å². The molecule has 0 fully saturated rings. The van der Waals surface area contributed by atoms with Crippen LogP contribution in [0.1, 0.15) is 27.8 Å². The molecule has 5 aromatic carbocycles. The average molecular weight is 577 g/mol. The summed E-state index contributed by atoms with van der Waals surface area (Å²) in [6, 6.07) is 50.2. The zero-order chi connectivity index (χ0) is 29.6. The summed E-state index contributed by atoms with van der Waals surface area (Å²) in [6.07, 6.45) is 0. The minimum Gasteiger partial charge on any atom is -0.110 e. The van der Waals surface area contributed by atoms with Crippen LogP contribution in [0.4, 0.5) is 0 Å². The van der Waals surface area contributed by atoms with Gasteiger partial charge in [-0.05, 0) is 67.2 Å². The Morgan fingerprint density at radius 3 is 0.744 bits per heavy atom. The van der Waals surface area contributed by atoms with Gasteiger partial charge in [0.05, 0.1) is 0 Å². The highest BCUT2D eigenvalue weighted by Gasteiger charge is 2.51. The van der Waals surface area contributed by atoms with Crippen molar-refractivity contribution in [3.63, 3.8) is 0 Å². The van der Waals surface area contributed by atoms with Crippen LogP contribution in [0.5, 0.6) is 0 Å². The first-order valence-corrected chi connectivity index (χ1v) is 19.6. The van der Waals surface area contributed by atoms with Crippen molar-refractivity contribution in [1.82, 2.24) is 0 Å². The van der Waals surface area contributed by atoms with Gasteiger partial charge >= 0.3 is 7.59 Å². The van der Waals surface area contributed by atoms with E-state index in [0.29, 0.717) is 0 Å². The molecule has 0 N–H and O–H groups in total. The van der Waals surface area contributed by atoms with Gasteiger partial charge in [0, 0.05) is 27.8 Å². The highest BCUT2D eigenvalue weighted by Crippen LogP contribution is 2.19. The van der Waals surface area contributed by atoms with Crippen LogP contribution in [0.25, 0.3) is 0 Å². The van der Waals surface area contributed by atoms with Crippen molar-refractivity contribution < 1.29 is 0 Å². The monoisotopic (exact) mass is 576 g/mol. The predicted molar refractivity (Wildman–Crippen MR) is 184 cm³/mol. The first-order chi connectivity index (χ1) is 21.1. The van der Waals surface area contributed by atoms with E-state index in [4.69, 9.17) is 0 Å². The van der Waals surface area contributed by atoms with Crippen LogP contribution in [0.3, 0.4) is 0 Å². The van der Waals surface area contributed by atoms with E-state index in [1.807, 2.05) is 152 Å². The molecule has 0 aliphatic carbocycles. The molecule has 5 aromatic rings. The Balaban J connectivity index is 1.82. The molecule has 0 saturated heterocycles. The molecule has 0 atom stereocenters. The van der Waals surface area contributed by atoms with E-state index in [1.165, 1.54) is 0 Å². The van der Waals surface area contributed by atoms with Gasteiger partial charge in [-0.15, -0.1) is 11.1 Å². The summed E-state index contributed by atoms with van der Waals surface area (Å²) in [5.74, 6) is 17.3. The first-order valence-electron chi connectivity index (χ1n) is 14.1. The highest BCUT2D eigenvalue weighted by molar-refractivity contribution is 7.56. The van der Waals surface area contributed by atoms with Crippen molar-refractivity contribution in [2.75, 3.05) is 0 Å². The standard InChI is InChI=1S/C41H28Si2/c1-42(32-27-37-17-7-2-8-18-37,33-28-38-19-9-3-10-20-38)43(34-29-39-21-11-4-12-22-39,35-30-40-23-13-5-14-24-40)36-31-41-25-15-6-16-26-41/h2-26H,1H3. The summed E-state index contributed by atoms with van der Waals surface area (Å²) in [5.41, 5.74) is 23.2. The lowest BCUT2D eigenvalue weighted by Gasteiger charge is -2.25. The van der Waals surface area contributed by atoms with E-state index in [2.05, 4.69) is 63.9 Å². The van der Waals surface area contributed by atoms with Crippen molar-refractivity contribution in [2.24, 2.45) is 0 Å². The van der Waals surface area contributed by atoms with Gasteiger partial charge in [-0.1, -0.05) is 137 Å². The lowest BCUT2D eigenvalue weighted by atomic mass is 10.2. The van der Waals surface area contributed by atoms with Crippen LogP contribution < -0.4 is 0 Å². The van der Waals surface area contributed by atoms with E-state index in [0.717, 1.165) is 27.8 Å². The molecule has 0 radical (unpaired) electrons. The zero-order valence-corrected chi connectivity index (χ0v) is 25.9. The van der Waals surface area contributed by atoms with Crippen LogP contribution in [0, 0.1) is 57.3 Å². The molecule has 200 valence electrons. The van der Waals surface area contributed by atoms with Gasteiger partial charge in [-0.3, -0.25) is 0 Å². The topological polar surface area (TPSA) is 0 Å². The second kappa shape index (κ2) is 14.3. The Kier molecular flexibility index (Phi) is 9.59. The van der Waals surface area contributed by atoms with Gasteiger partial charge in [0.1, 0.15) is 0 Å². The van der Waals surface area contributed by atoms with Gasteiger partial charge < -0.3 is 0 Å². The summed E-state index contributed by atoms with van der Waals surface area (Å²) in [4.78, 5) is 0. The second-order valence-electron chi connectivity index (χ2n) is 9.96. The Morgan fingerprint density at radius 2 is 0.512 bits per heavy atom. The van der Waals surface area contributed by atoms with E-state index in [1.54, 1.807) is 0 Å². The normalized spacial score (nSPS) is 9.98. The summed E-state index contributed by atoms with van der Waals surface area (Å²) in [5, 5.41) is 0. The first kappa shape index (κ1) is 28.8. The van der Waals surface area contributed by atoms with E-state index in [9.17, 15) is 0 Å². The van der Waals surface area contributed by atoms with Crippen LogP contribution in [-0.4, -0.2) is 15.2 Å². The zero-order valence-electron chi connectivity index (χ0n) is 23.9. The summed E-state index contributed by atoms with van der Waals surface area (Å²) < 4.78 is 0. The maximum atomic E-state index is 3.70. The molecular weight excluding hydrogens is 549 g/mol. The minimum atomic E-state index is -3.20. The fourth-order valence-corrected chi connectivity index (χ4v) is 11.7. The van der Waals surface area contributed by atoms with Gasteiger partial charge in [0.15, 0.2) is 0 Å². The SMILES string of the molecule is C[Si](C#Cc1ccccc1)(C#Cc1ccccc1)[Si](C#Cc1ccccc1)(C#Cc1ccccc1)C#Cc1ccccc1. The molecule has 2 heteroatoms. The third-order valence-electron chi connectivity index (χ3n) is 6.72. The predicted octanol–water partition coefficient (Wildman–Crippen LogP) is 7.55.